The van der Waals surface area contributed by atoms with E-state index in [1.165, 1.54) is 46.8 Å². The Kier molecular flexibility index (Phi) is 7.42. The molecule has 2 N–H and O–H groups in total. The van der Waals surface area contributed by atoms with Crippen LogP contribution in [0.4, 0.5) is 11.4 Å². The molecule has 8 nitrogen and oxygen atoms in total. The highest BCUT2D eigenvalue weighted by molar-refractivity contribution is 7.92. The maximum atomic E-state index is 13.0. The van der Waals surface area contributed by atoms with Gasteiger partial charge in [0, 0.05) is 24.3 Å². The average molecular weight is 548 g/mol. The van der Waals surface area contributed by atoms with Crippen LogP contribution in [-0.4, -0.2) is 40.1 Å². The summed E-state index contributed by atoms with van der Waals surface area (Å²) < 4.78 is 55.4. The third-order valence-corrected chi connectivity index (χ3v) is 9.68. The summed E-state index contributed by atoms with van der Waals surface area (Å²) in [5.74, 6) is -0.565. The lowest BCUT2D eigenvalue weighted by molar-refractivity contribution is 0.102. The standard InChI is InChI=1S/C25H26ClN3O5S2/c1-17-5-12-23(18(2)15-17)28-35(31,32)24-16-19(6-11-22(24)26)25(30)27-20-7-9-21(10-8-20)36(33,34)29-13-3-4-14-29/h5-12,15-16,28H,3-4,13-14H2,1-2H3,(H,27,30). The molecule has 11 heteroatoms. The molecule has 3 aromatic rings. The monoisotopic (exact) mass is 547 g/mol. The Balaban J connectivity index is 1.53. The van der Waals surface area contributed by atoms with Gasteiger partial charge in [0.15, 0.2) is 0 Å². The molecule has 0 unspecified atom stereocenters. The predicted octanol–water partition coefficient (Wildman–Crippen LogP) is 4.79. The SMILES string of the molecule is Cc1ccc(NS(=O)(=O)c2cc(C(=O)Nc3ccc(S(=O)(=O)N4CCCC4)cc3)ccc2Cl)c(C)c1. The van der Waals surface area contributed by atoms with Gasteiger partial charge in [0.1, 0.15) is 4.90 Å². The largest absolute Gasteiger partial charge is 0.322 e. The number of nitrogens with zero attached hydrogens (tertiary/aromatic N) is 1. The van der Waals surface area contributed by atoms with Crippen molar-refractivity contribution in [2.75, 3.05) is 23.1 Å². The number of anilines is 2. The van der Waals surface area contributed by atoms with E-state index < -0.39 is 26.0 Å². The Hall–Kier alpha value is -2.92. The number of amides is 1. The molecule has 0 saturated carbocycles. The van der Waals surface area contributed by atoms with Gasteiger partial charge >= 0.3 is 0 Å². The van der Waals surface area contributed by atoms with E-state index in [4.69, 9.17) is 11.6 Å². The maximum Gasteiger partial charge on any atom is 0.263 e. The van der Waals surface area contributed by atoms with Crippen molar-refractivity contribution < 1.29 is 21.6 Å². The van der Waals surface area contributed by atoms with E-state index in [0.717, 1.165) is 24.0 Å². The summed E-state index contributed by atoms with van der Waals surface area (Å²) in [6, 6.07) is 15.1. The highest BCUT2D eigenvalue weighted by Gasteiger charge is 2.27. The number of hydrogen-bond donors (Lipinski definition) is 2. The molecular weight excluding hydrogens is 522 g/mol. The average Bonchev–Trinajstić information content (AvgIpc) is 3.37. The van der Waals surface area contributed by atoms with Crippen molar-refractivity contribution in [2.45, 2.75) is 36.5 Å². The summed E-state index contributed by atoms with van der Waals surface area (Å²) in [5.41, 5.74) is 2.60. The van der Waals surface area contributed by atoms with Crippen LogP contribution in [-0.2, 0) is 20.0 Å². The van der Waals surface area contributed by atoms with E-state index in [2.05, 4.69) is 10.0 Å². The van der Waals surface area contributed by atoms with Gasteiger partial charge in [-0.25, -0.2) is 16.8 Å². The van der Waals surface area contributed by atoms with Crippen LogP contribution in [0, 0.1) is 13.8 Å². The van der Waals surface area contributed by atoms with Crippen LogP contribution in [0.1, 0.15) is 34.3 Å². The molecule has 0 aromatic heterocycles. The molecule has 1 amide bonds. The number of benzene rings is 3. The first-order valence-corrected chi connectivity index (χ1v) is 14.6. The number of halogens is 1. The van der Waals surface area contributed by atoms with Gasteiger partial charge in [-0.3, -0.25) is 9.52 Å². The fraction of sp³-hybridized carbons (Fsp3) is 0.240. The van der Waals surface area contributed by atoms with Crippen LogP contribution >= 0.6 is 11.6 Å². The van der Waals surface area contributed by atoms with Gasteiger partial charge in [-0.1, -0.05) is 29.3 Å². The number of rotatable bonds is 7. The minimum Gasteiger partial charge on any atom is -0.322 e. The molecule has 1 aliphatic rings. The van der Waals surface area contributed by atoms with E-state index in [9.17, 15) is 21.6 Å². The van der Waals surface area contributed by atoms with Gasteiger partial charge in [-0.15, -0.1) is 0 Å². The summed E-state index contributed by atoms with van der Waals surface area (Å²) in [6.45, 7) is 4.70. The van der Waals surface area contributed by atoms with E-state index in [0.29, 0.717) is 24.5 Å². The van der Waals surface area contributed by atoms with Gasteiger partial charge in [0.25, 0.3) is 15.9 Å². The van der Waals surface area contributed by atoms with Gasteiger partial charge in [-0.2, -0.15) is 4.31 Å². The number of sulfonamides is 2. The molecule has 1 aliphatic heterocycles. The smallest absolute Gasteiger partial charge is 0.263 e. The van der Waals surface area contributed by atoms with Crippen molar-refractivity contribution in [3.8, 4) is 0 Å². The highest BCUT2D eigenvalue weighted by Crippen LogP contribution is 2.27. The van der Waals surface area contributed by atoms with Gasteiger partial charge < -0.3 is 5.32 Å². The number of nitrogens with one attached hydrogen (secondary N) is 2. The molecule has 0 aliphatic carbocycles. The summed E-state index contributed by atoms with van der Waals surface area (Å²) in [7, 11) is -7.63. The zero-order valence-corrected chi connectivity index (χ0v) is 22.2. The van der Waals surface area contributed by atoms with Crippen molar-refractivity contribution in [1.29, 1.82) is 0 Å². The number of hydrogen-bond acceptors (Lipinski definition) is 5. The first kappa shape index (κ1) is 26.2. The van der Waals surface area contributed by atoms with E-state index in [1.54, 1.807) is 19.1 Å². The number of carbonyl (C=O) groups is 1. The maximum absolute atomic E-state index is 13.0. The van der Waals surface area contributed by atoms with Crippen LogP contribution in [0.25, 0.3) is 0 Å². The lowest BCUT2D eigenvalue weighted by atomic mass is 10.1. The van der Waals surface area contributed by atoms with Crippen LogP contribution in [0.3, 0.4) is 0 Å². The van der Waals surface area contributed by atoms with Gasteiger partial charge in [0.05, 0.1) is 15.6 Å². The summed E-state index contributed by atoms with van der Waals surface area (Å²) in [6.07, 6.45) is 1.68. The first-order valence-electron chi connectivity index (χ1n) is 11.3. The lowest BCUT2D eigenvalue weighted by Crippen LogP contribution is -2.27. The van der Waals surface area contributed by atoms with Crippen molar-refractivity contribution >= 4 is 48.9 Å². The van der Waals surface area contributed by atoms with Crippen molar-refractivity contribution in [3.63, 3.8) is 0 Å². The summed E-state index contributed by atoms with van der Waals surface area (Å²) in [4.78, 5) is 12.8. The van der Waals surface area contributed by atoms with Crippen molar-refractivity contribution in [1.82, 2.24) is 4.31 Å². The molecule has 1 fully saturated rings. The molecule has 190 valence electrons. The van der Waals surface area contributed by atoms with E-state index in [1.807, 2.05) is 13.0 Å². The lowest BCUT2D eigenvalue weighted by Gasteiger charge is -2.16. The second-order valence-corrected chi connectivity index (χ2v) is 12.7. The zero-order chi connectivity index (χ0) is 26.1. The summed E-state index contributed by atoms with van der Waals surface area (Å²) >= 11 is 6.18. The van der Waals surface area contributed by atoms with Gasteiger partial charge in [0.2, 0.25) is 10.0 Å². The summed E-state index contributed by atoms with van der Waals surface area (Å²) in [5, 5.41) is 2.64. The fourth-order valence-electron chi connectivity index (χ4n) is 3.97. The molecule has 3 aromatic carbocycles. The molecule has 0 radical (unpaired) electrons. The van der Waals surface area contributed by atoms with Crippen LogP contribution in [0.5, 0.6) is 0 Å². The van der Waals surface area contributed by atoms with Gasteiger partial charge in [-0.05, 0) is 80.8 Å². The Bertz CT molecular complexity index is 1520. The van der Waals surface area contributed by atoms with Crippen LogP contribution < -0.4 is 10.0 Å². The second kappa shape index (κ2) is 10.2. The highest BCUT2D eigenvalue weighted by atomic mass is 35.5. The Morgan fingerprint density at radius 3 is 2.19 bits per heavy atom. The second-order valence-electron chi connectivity index (χ2n) is 8.66. The minimum atomic E-state index is -4.07. The van der Waals surface area contributed by atoms with Crippen LogP contribution in [0.15, 0.2) is 70.5 Å². The molecule has 0 atom stereocenters. The predicted molar refractivity (Wildman–Crippen MR) is 141 cm³/mol. The van der Waals surface area contributed by atoms with Crippen LogP contribution in [0.2, 0.25) is 5.02 Å². The molecule has 36 heavy (non-hydrogen) atoms. The third-order valence-electron chi connectivity index (χ3n) is 5.92. The Labute approximate surface area is 216 Å². The van der Waals surface area contributed by atoms with Crippen molar-refractivity contribution in [3.05, 3.63) is 82.4 Å². The molecule has 0 spiro atoms. The number of carbonyl (C=O) groups excluding carboxylic acids is 1. The minimum absolute atomic E-state index is 0.0275. The fourth-order valence-corrected chi connectivity index (χ4v) is 7.14. The Morgan fingerprint density at radius 1 is 0.889 bits per heavy atom. The quantitative estimate of drug-likeness (QED) is 0.441. The molecule has 1 saturated heterocycles. The Morgan fingerprint density at radius 2 is 1.56 bits per heavy atom. The first-order chi connectivity index (χ1) is 17.0. The normalized spacial score (nSPS) is 14.5. The molecule has 0 bridgehead atoms. The zero-order valence-electron chi connectivity index (χ0n) is 19.8. The van der Waals surface area contributed by atoms with Crippen molar-refractivity contribution in [2.24, 2.45) is 0 Å². The van der Waals surface area contributed by atoms with E-state index in [-0.39, 0.29) is 20.4 Å². The molecule has 1 heterocycles. The van der Waals surface area contributed by atoms with E-state index >= 15 is 0 Å². The third kappa shape index (κ3) is 5.57. The molecular formula is C25H26ClN3O5S2. The number of aryl methyl sites for hydroxylation is 2. The topological polar surface area (TPSA) is 113 Å². The molecule has 4 rings (SSSR count).